The van der Waals surface area contributed by atoms with E-state index in [1.165, 1.54) is 11.3 Å². The van der Waals surface area contributed by atoms with Gasteiger partial charge in [0.1, 0.15) is 6.54 Å². The molecule has 0 radical (unpaired) electrons. The summed E-state index contributed by atoms with van der Waals surface area (Å²) < 4.78 is 5.42. The van der Waals surface area contributed by atoms with Gasteiger partial charge in [-0.2, -0.15) is 0 Å². The summed E-state index contributed by atoms with van der Waals surface area (Å²) in [4.78, 5) is 38.4. The highest BCUT2D eigenvalue weighted by atomic mass is 32.2. The monoisotopic (exact) mass is 352 g/mol. The standard InChI is InChI=1S/C15H16N2O4S2/c18-13(16-8-10-3-1-5-21-10)9-17-14(19)12(23-15(17)20)7-11-4-2-6-22-11/h2,4,6-7,10H,1,3,5,8-9H2,(H,16,18)/b12-7-/t10-/m1/s1. The molecule has 2 aliphatic rings. The van der Waals surface area contributed by atoms with Crippen LogP contribution in [0, 0.1) is 0 Å². The van der Waals surface area contributed by atoms with Crippen molar-refractivity contribution < 1.29 is 19.1 Å². The predicted octanol–water partition coefficient (Wildman–Crippen LogP) is 2.08. The number of thiophene rings is 1. The number of carbonyl (C=O) groups is 3. The number of hydrogen-bond acceptors (Lipinski definition) is 6. The summed E-state index contributed by atoms with van der Waals surface area (Å²) in [6, 6.07) is 3.74. The van der Waals surface area contributed by atoms with Gasteiger partial charge in [0, 0.05) is 18.0 Å². The number of nitrogens with zero attached hydrogens (tertiary/aromatic N) is 1. The molecule has 3 heterocycles. The first-order valence-corrected chi connectivity index (χ1v) is 9.00. The van der Waals surface area contributed by atoms with E-state index < -0.39 is 11.1 Å². The number of amides is 3. The van der Waals surface area contributed by atoms with E-state index in [2.05, 4.69) is 5.32 Å². The maximum Gasteiger partial charge on any atom is 0.294 e. The molecule has 122 valence electrons. The van der Waals surface area contributed by atoms with E-state index in [-0.39, 0.29) is 18.6 Å². The van der Waals surface area contributed by atoms with Crippen molar-refractivity contribution >= 4 is 46.2 Å². The van der Waals surface area contributed by atoms with Gasteiger partial charge >= 0.3 is 0 Å². The van der Waals surface area contributed by atoms with Crippen LogP contribution in [0.1, 0.15) is 17.7 Å². The Bertz CT molecular complexity index is 636. The highest BCUT2D eigenvalue weighted by Gasteiger charge is 2.36. The van der Waals surface area contributed by atoms with Crippen molar-refractivity contribution in [1.82, 2.24) is 10.2 Å². The molecule has 0 saturated carbocycles. The largest absolute Gasteiger partial charge is 0.376 e. The fourth-order valence-corrected chi connectivity index (χ4v) is 3.93. The third-order valence-corrected chi connectivity index (χ3v) is 5.27. The third kappa shape index (κ3) is 4.01. The van der Waals surface area contributed by atoms with Crippen LogP contribution in [0.3, 0.4) is 0 Å². The lowest BCUT2D eigenvalue weighted by Gasteiger charge is -2.14. The molecule has 3 rings (SSSR count). The first-order chi connectivity index (χ1) is 11.1. The Labute approximate surface area is 141 Å². The second-order valence-electron chi connectivity index (χ2n) is 5.22. The molecule has 1 aromatic heterocycles. The third-order valence-electron chi connectivity index (χ3n) is 3.54. The van der Waals surface area contributed by atoms with E-state index in [0.29, 0.717) is 11.4 Å². The molecule has 1 atom stereocenters. The fourth-order valence-electron chi connectivity index (χ4n) is 2.37. The number of hydrogen-bond donors (Lipinski definition) is 1. The topological polar surface area (TPSA) is 75.7 Å². The Kier molecular flexibility index (Phi) is 5.14. The SMILES string of the molecule is O=C(CN1C(=O)S/C(=C\c2cccs2)C1=O)NC[C@H]1CCCO1. The number of thioether (sulfide) groups is 1. The highest BCUT2D eigenvalue weighted by molar-refractivity contribution is 8.18. The molecule has 3 amide bonds. The van der Waals surface area contributed by atoms with E-state index in [9.17, 15) is 14.4 Å². The van der Waals surface area contributed by atoms with Gasteiger partial charge in [-0.15, -0.1) is 11.3 Å². The minimum absolute atomic E-state index is 0.0348. The van der Waals surface area contributed by atoms with Crippen LogP contribution in [0.15, 0.2) is 22.4 Å². The number of carbonyl (C=O) groups excluding carboxylic acids is 3. The van der Waals surface area contributed by atoms with Crippen LogP contribution in [0.2, 0.25) is 0 Å². The number of rotatable bonds is 5. The van der Waals surface area contributed by atoms with E-state index in [0.717, 1.165) is 41.0 Å². The lowest BCUT2D eigenvalue weighted by atomic mass is 10.2. The minimum Gasteiger partial charge on any atom is -0.376 e. The van der Waals surface area contributed by atoms with Crippen molar-refractivity contribution in [3.63, 3.8) is 0 Å². The Hall–Kier alpha value is -1.64. The van der Waals surface area contributed by atoms with Gasteiger partial charge in [0.2, 0.25) is 5.91 Å². The normalized spacial score (nSPS) is 23.0. The minimum atomic E-state index is -0.416. The highest BCUT2D eigenvalue weighted by Crippen LogP contribution is 2.32. The van der Waals surface area contributed by atoms with Crippen LogP contribution in [0.5, 0.6) is 0 Å². The average Bonchev–Trinajstić information content (AvgIpc) is 3.25. The Morgan fingerprint density at radius 2 is 2.35 bits per heavy atom. The van der Waals surface area contributed by atoms with Gasteiger partial charge in [-0.1, -0.05) is 6.07 Å². The Morgan fingerprint density at radius 3 is 3.04 bits per heavy atom. The van der Waals surface area contributed by atoms with Crippen LogP contribution < -0.4 is 5.32 Å². The van der Waals surface area contributed by atoms with E-state index in [1.807, 2.05) is 17.5 Å². The summed E-state index contributed by atoms with van der Waals surface area (Å²) in [6.45, 7) is 0.885. The van der Waals surface area contributed by atoms with Gasteiger partial charge in [-0.05, 0) is 42.1 Å². The van der Waals surface area contributed by atoms with Crippen LogP contribution in [-0.2, 0) is 14.3 Å². The van der Waals surface area contributed by atoms with Crippen molar-refractivity contribution in [2.24, 2.45) is 0 Å². The van der Waals surface area contributed by atoms with E-state index >= 15 is 0 Å². The van der Waals surface area contributed by atoms with Crippen molar-refractivity contribution in [2.75, 3.05) is 19.7 Å². The molecule has 2 fully saturated rings. The summed E-state index contributed by atoms with van der Waals surface area (Å²) >= 11 is 2.35. The molecule has 2 saturated heterocycles. The van der Waals surface area contributed by atoms with Gasteiger partial charge in [0.15, 0.2) is 0 Å². The maximum atomic E-state index is 12.3. The molecule has 6 nitrogen and oxygen atoms in total. The van der Waals surface area contributed by atoms with Crippen LogP contribution in [-0.4, -0.2) is 47.8 Å². The molecule has 0 aliphatic carbocycles. The Morgan fingerprint density at radius 1 is 1.48 bits per heavy atom. The van der Waals surface area contributed by atoms with Crippen molar-refractivity contribution in [2.45, 2.75) is 18.9 Å². The molecule has 0 aromatic carbocycles. The zero-order chi connectivity index (χ0) is 16.2. The molecule has 0 bridgehead atoms. The molecule has 0 unspecified atom stereocenters. The zero-order valence-corrected chi connectivity index (χ0v) is 14.0. The quantitative estimate of drug-likeness (QED) is 0.821. The zero-order valence-electron chi connectivity index (χ0n) is 12.3. The molecule has 2 aliphatic heterocycles. The van der Waals surface area contributed by atoms with Crippen molar-refractivity contribution in [3.8, 4) is 0 Å². The molecule has 1 N–H and O–H groups in total. The van der Waals surface area contributed by atoms with Gasteiger partial charge in [0.05, 0.1) is 11.0 Å². The molecule has 0 spiro atoms. The summed E-state index contributed by atoms with van der Waals surface area (Å²) in [5.41, 5.74) is 0. The van der Waals surface area contributed by atoms with Crippen molar-refractivity contribution in [1.29, 1.82) is 0 Å². The first kappa shape index (κ1) is 16.2. The summed E-state index contributed by atoms with van der Waals surface area (Å²) in [5, 5.41) is 4.20. The van der Waals surface area contributed by atoms with Crippen LogP contribution >= 0.6 is 23.1 Å². The smallest absolute Gasteiger partial charge is 0.294 e. The summed E-state index contributed by atoms with van der Waals surface area (Å²) in [5.74, 6) is -0.763. The molecule has 8 heteroatoms. The van der Waals surface area contributed by atoms with Gasteiger partial charge in [0.25, 0.3) is 11.1 Å². The van der Waals surface area contributed by atoms with E-state index in [1.54, 1.807) is 6.08 Å². The van der Waals surface area contributed by atoms with Gasteiger partial charge < -0.3 is 10.1 Å². The second kappa shape index (κ2) is 7.29. The number of ether oxygens (including phenoxy) is 1. The molecule has 1 aromatic rings. The van der Waals surface area contributed by atoms with E-state index in [4.69, 9.17) is 4.74 Å². The number of nitrogens with one attached hydrogen (secondary N) is 1. The lowest BCUT2D eigenvalue weighted by Crippen LogP contribution is -2.41. The molecule has 23 heavy (non-hydrogen) atoms. The molecular formula is C15H16N2O4S2. The number of imide groups is 1. The van der Waals surface area contributed by atoms with Crippen LogP contribution in [0.25, 0.3) is 6.08 Å². The summed E-state index contributed by atoms with van der Waals surface area (Å²) in [7, 11) is 0. The van der Waals surface area contributed by atoms with Gasteiger partial charge in [-0.3, -0.25) is 19.3 Å². The van der Waals surface area contributed by atoms with Gasteiger partial charge in [-0.25, -0.2) is 0 Å². The maximum absolute atomic E-state index is 12.3. The van der Waals surface area contributed by atoms with Crippen molar-refractivity contribution in [3.05, 3.63) is 27.3 Å². The Balaban J connectivity index is 1.56. The second-order valence-corrected chi connectivity index (χ2v) is 7.19. The molecular weight excluding hydrogens is 336 g/mol. The first-order valence-electron chi connectivity index (χ1n) is 7.30. The average molecular weight is 352 g/mol. The predicted molar refractivity (Wildman–Crippen MR) is 89.0 cm³/mol. The van der Waals surface area contributed by atoms with Crippen LogP contribution in [0.4, 0.5) is 4.79 Å². The summed E-state index contributed by atoms with van der Waals surface area (Å²) in [6.07, 6.45) is 3.63. The fraction of sp³-hybridized carbons (Fsp3) is 0.400. The lowest BCUT2D eigenvalue weighted by molar-refractivity contribution is -0.129.